The van der Waals surface area contributed by atoms with Crippen LogP contribution in [0.25, 0.3) is 0 Å². The fourth-order valence-corrected chi connectivity index (χ4v) is 1.51. The van der Waals surface area contributed by atoms with E-state index in [2.05, 4.69) is 9.47 Å². The van der Waals surface area contributed by atoms with Crippen LogP contribution in [0, 0.1) is 0 Å². The van der Waals surface area contributed by atoms with Gasteiger partial charge in [0.1, 0.15) is 0 Å². The van der Waals surface area contributed by atoms with Gasteiger partial charge in [0.05, 0.1) is 0 Å². The Labute approximate surface area is 93.6 Å². The summed E-state index contributed by atoms with van der Waals surface area (Å²) in [5.74, 6) is 0. The molecule has 0 unspecified atom stereocenters. The van der Waals surface area contributed by atoms with Gasteiger partial charge in [-0.05, 0) is 0 Å². The zero-order chi connectivity index (χ0) is 14.3. The summed E-state index contributed by atoms with van der Waals surface area (Å²) in [5, 5.41) is 0. The molecule has 106 valence electrons. The van der Waals surface area contributed by atoms with Gasteiger partial charge in [-0.15, -0.1) is 0 Å². The van der Waals surface area contributed by atoms with E-state index in [9.17, 15) is 39.9 Å². The van der Waals surface area contributed by atoms with Crippen LogP contribution in [0.1, 0.15) is 0 Å². The predicted octanol–water partition coefficient (Wildman–Crippen LogP) is 2.69. The fraction of sp³-hybridized carbons (Fsp3) is 0.857. The summed E-state index contributed by atoms with van der Waals surface area (Å²) in [6.07, 6.45) is -20.4. The van der Waals surface area contributed by atoms with Gasteiger partial charge in [0.2, 0.25) is 0 Å². The van der Waals surface area contributed by atoms with Gasteiger partial charge in [0.25, 0.3) is 36.9 Å². The van der Waals surface area contributed by atoms with Gasteiger partial charge in [-0.25, -0.2) is 39.9 Å². The number of ether oxygens (including phenoxy) is 2. The maximum Gasteiger partial charge on any atom is 0.510 e. The van der Waals surface area contributed by atoms with Gasteiger partial charge in [-0.3, -0.25) is 0 Å². The van der Waals surface area contributed by atoms with Crippen molar-refractivity contribution in [3.05, 3.63) is 0 Å². The van der Waals surface area contributed by atoms with Gasteiger partial charge in [0, 0.05) is 0 Å². The highest BCUT2D eigenvalue weighted by molar-refractivity contribution is 5.65. The van der Waals surface area contributed by atoms with Gasteiger partial charge in [0.15, 0.2) is 0 Å². The van der Waals surface area contributed by atoms with E-state index in [0.29, 0.717) is 0 Å². The number of hydrogen-bond donors (Lipinski definition) is 0. The minimum Gasteiger partial charge on any atom is -0.410 e. The molecule has 0 spiro atoms. The maximum atomic E-state index is 12.5. The van der Waals surface area contributed by atoms with E-state index < -0.39 is 43.1 Å². The molecule has 0 aliphatic carbocycles. The Morgan fingerprint density at radius 3 is 1.06 bits per heavy atom. The molecule has 1 aliphatic rings. The van der Waals surface area contributed by atoms with Crippen molar-refractivity contribution >= 4 is 6.16 Å². The summed E-state index contributed by atoms with van der Waals surface area (Å²) >= 11 is 0. The molecule has 0 N–H and O–H groups in total. The molecule has 0 aromatic carbocycles. The molecular formula is C7H4F8O3. The highest BCUT2D eigenvalue weighted by Gasteiger charge is 2.81. The van der Waals surface area contributed by atoms with Gasteiger partial charge in [-0.1, -0.05) is 0 Å². The summed E-state index contributed by atoms with van der Waals surface area (Å²) in [7, 11) is 0. The van der Waals surface area contributed by atoms with Gasteiger partial charge in [-0.2, -0.15) is 0 Å². The molecule has 0 aromatic rings. The first kappa shape index (κ1) is 14.8. The minimum atomic E-state index is -4.72. The van der Waals surface area contributed by atoms with E-state index in [1.807, 2.05) is 0 Å². The standard InChI is InChI=1S/C7H4F8O3/c8-1(9)6(2(10)11)7(3(12)13,4(14)15)18-5(16)17-6/h1-4H. The number of cyclic esters (lactones) is 2. The second-order valence-corrected chi connectivity index (χ2v) is 3.24. The fourth-order valence-electron chi connectivity index (χ4n) is 1.51. The lowest BCUT2D eigenvalue weighted by Gasteiger charge is -2.37. The maximum absolute atomic E-state index is 12.5. The monoisotopic (exact) mass is 288 g/mol. The SMILES string of the molecule is O=C1OC(C(F)F)(C(F)F)C(C(F)F)(C(F)F)O1. The van der Waals surface area contributed by atoms with Gasteiger partial charge < -0.3 is 9.47 Å². The first-order valence-electron chi connectivity index (χ1n) is 4.17. The lowest BCUT2D eigenvalue weighted by atomic mass is 9.83. The zero-order valence-corrected chi connectivity index (χ0v) is 8.06. The largest absolute Gasteiger partial charge is 0.510 e. The molecule has 1 fully saturated rings. The quantitative estimate of drug-likeness (QED) is 0.589. The molecule has 1 rings (SSSR count). The molecule has 0 radical (unpaired) electrons. The molecule has 1 heterocycles. The van der Waals surface area contributed by atoms with Crippen molar-refractivity contribution in [1.29, 1.82) is 0 Å². The third-order valence-corrected chi connectivity index (χ3v) is 2.41. The second-order valence-electron chi connectivity index (χ2n) is 3.24. The normalized spacial score (nSPS) is 21.9. The molecular weight excluding hydrogens is 284 g/mol. The second kappa shape index (κ2) is 4.43. The van der Waals surface area contributed by atoms with Crippen molar-refractivity contribution in [1.82, 2.24) is 0 Å². The van der Waals surface area contributed by atoms with Crippen LogP contribution in [0.15, 0.2) is 0 Å². The third-order valence-electron chi connectivity index (χ3n) is 2.41. The predicted molar refractivity (Wildman–Crippen MR) is 37.0 cm³/mol. The van der Waals surface area contributed by atoms with Crippen molar-refractivity contribution in [2.45, 2.75) is 36.9 Å². The van der Waals surface area contributed by atoms with Crippen LogP contribution in [0.3, 0.4) is 0 Å². The Morgan fingerprint density at radius 2 is 0.889 bits per heavy atom. The van der Waals surface area contributed by atoms with E-state index in [1.165, 1.54) is 0 Å². The highest BCUT2D eigenvalue weighted by atomic mass is 19.3. The molecule has 0 bridgehead atoms. The smallest absolute Gasteiger partial charge is 0.410 e. The van der Waals surface area contributed by atoms with Crippen LogP contribution in [0.4, 0.5) is 39.9 Å². The molecule has 1 saturated heterocycles. The molecule has 0 atom stereocenters. The first-order valence-corrected chi connectivity index (χ1v) is 4.17. The zero-order valence-electron chi connectivity index (χ0n) is 8.06. The average Bonchev–Trinajstić information content (AvgIpc) is 2.53. The molecule has 11 heteroatoms. The molecule has 1 aliphatic heterocycles. The van der Waals surface area contributed by atoms with Gasteiger partial charge >= 0.3 is 6.16 Å². The van der Waals surface area contributed by atoms with Crippen LogP contribution < -0.4 is 0 Å². The third kappa shape index (κ3) is 1.59. The molecule has 0 aromatic heterocycles. The van der Waals surface area contributed by atoms with Crippen molar-refractivity contribution < 1.29 is 49.4 Å². The Kier molecular flexibility index (Phi) is 3.63. The van der Waals surface area contributed by atoms with Crippen molar-refractivity contribution in [2.24, 2.45) is 0 Å². The topological polar surface area (TPSA) is 35.5 Å². The van der Waals surface area contributed by atoms with Crippen molar-refractivity contribution in [3.63, 3.8) is 0 Å². The van der Waals surface area contributed by atoms with Crippen molar-refractivity contribution in [2.75, 3.05) is 0 Å². The first-order chi connectivity index (χ1) is 8.12. The average molecular weight is 288 g/mol. The van der Waals surface area contributed by atoms with Crippen LogP contribution in [0.5, 0.6) is 0 Å². The van der Waals surface area contributed by atoms with Crippen molar-refractivity contribution in [3.8, 4) is 0 Å². The lowest BCUT2D eigenvalue weighted by Crippen LogP contribution is -2.68. The molecule has 3 nitrogen and oxygen atoms in total. The summed E-state index contributed by atoms with van der Waals surface area (Å²) < 4.78 is 107. The number of carbonyl (C=O) groups is 1. The van der Waals surface area contributed by atoms with E-state index in [0.717, 1.165) is 0 Å². The molecule has 0 saturated carbocycles. The Bertz CT molecular complexity index is 285. The van der Waals surface area contributed by atoms with E-state index in [-0.39, 0.29) is 0 Å². The van der Waals surface area contributed by atoms with E-state index in [1.54, 1.807) is 0 Å². The Hall–Kier alpha value is -1.29. The summed E-state index contributed by atoms with van der Waals surface area (Å²) in [6.45, 7) is 0. The summed E-state index contributed by atoms with van der Waals surface area (Å²) in [4.78, 5) is 10.5. The van der Waals surface area contributed by atoms with Crippen LogP contribution >= 0.6 is 0 Å². The lowest BCUT2D eigenvalue weighted by molar-refractivity contribution is -0.277. The number of alkyl halides is 8. The summed E-state index contributed by atoms with van der Waals surface area (Å²) in [5.41, 5.74) is -9.43. The number of halogens is 8. The number of hydrogen-bond acceptors (Lipinski definition) is 3. The number of rotatable bonds is 4. The Morgan fingerprint density at radius 1 is 0.667 bits per heavy atom. The Balaban J connectivity index is 3.49. The van der Waals surface area contributed by atoms with Crippen LogP contribution in [-0.2, 0) is 9.47 Å². The summed E-state index contributed by atoms with van der Waals surface area (Å²) in [6, 6.07) is 0. The minimum absolute atomic E-state index is 2.43. The van der Waals surface area contributed by atoms with Crippen LogP contribution in [0.2, 0.25) is 0 Å². The number of carbonyl (C=O) groups excluding carboxylic acids is 1. The molecule has 18 heavy (non-hydrogen) atoms. The van der Waals surface area contributed by atoms with E-state index >= 15 is 0 Å². The van der Waals surface area contributed by atoms with Crippen LogP contribution in [-0.4, -0.2) is 43.1 Å². The van der Waals surface area contributed by atoms with E-state index in [4.69, 9.17) is 0 Å². The highest BCUT2D eigenvalue weighted by Crippen LogP contribution is 2.51. The molecule has 0 amide bonds.